The maximum absolute atomic E-state index is 13.5. The van der Waals surface area contributed by atoms with Crippen molar-refractivity contribution in [2.45, 2.75) is 87.5 Å². The highest BCUT2D eigenvalue weighted by molar-refractivity contribution is 6.07. The number of hydrogen-bond donors (Lipinski definition) is 6. The fourth-order valence-electron chi connectivity index (χ4n) is 10.4. The highest BCUT2D eigenvalue weighted by Gasteiger charge is 2.56. The summed E-state index contributed by atoms with van der Waals surface area (Å²) in [4.78, 5) is 34.1. The Bertz CT molecular complexity index is 1310. The molecule has 2 heterocycles. The number of pyridine rings is 1. The maximum atomic E-state index is 13.5. The van der Waals surface area contributed by atoms with Gasteiger partial charge in [0.15, 0.2) is 0 Å². The van der Waals surface area contributed by atoms with E-state index in [1.165, 1.54) is 0 Å². The van der Waals surface area contributed by atoms with Gasteiger partial charge in [-0.2, -0.15) is 0 Å². The second kappa shape index (κ2) is 8.43. The van der Waals surface area contributed by atoms with Crippen LogP contribution in [0.1, 0.15) is 74.6 Å². The number of nitrogens with one attached hydrogen (secondary N) is 4. The van der Waals surface area contributed by atoms with Gasteiger partial charge in [0.1, 0.15) is 5.65 Å². The lowest BCUT2D eigenvalue weighted by Gasteiger charge is -2.58. The smallest absolute Gasteiger partial charge is 0.255 e. The van der Waals surface area contributed by atoms with Gasteiger partial charge in [-0.1, -0.05) is 0 Å². The average molecular weight is 534 g/mol. The molecule has 0 aliphatic heterocycles. The molecule has 8 fully saturated rings. The van der Waals surface area contributed by atoms with E-state index >= 15 is 0 Å². The Kier molecular flexibility index (Phi) is 5.22. The summed E-state index contributed by atoms with van der Waals surface area (Å²) in [5.41, 5.74) is 0.877. The lowest BCUT2D eigenvalue weighted by Crippen LogP contribution is -2.62. The number of carbonyl (C=O) groups is 2. The first kappa shape index (κ1) is 24.2. The molecular weight excluding hydrogens is 494 g/mol. The lowest BCUT2D eigenvalue weighted by atomic mass is 9.52. The molecule has 0 radical (unpaired) electrons. The van der Waals surface area contributed by atoms with Crippen molar-refractivity contribution in [3.8, 4) is 0 Å². The van der Waals surface area contributed by atoms with E-state index in [2.05, 4.69) is 25.9 Å². The molecule has 4 unspecified atom stereocenters. The molecule has 8 bridgehead atoms. The molecule has 2 aromatic heterocycles. The van der Waals surface area contributed by atoms with Crippen molar-refractivity contribution in [1.29, 1.82) is 0 Å². The molecule has 9 heteroatoms. The zero-order valence-electron chi connectivity index (χ0n) is 22.3. The summed E-state index contributed by atoms with van der Waals surface area (Å²) in [7, 11) is 0. The van der Waals surface area contributed by atoms with Gasteiger partial charge in [0.2, 0.25) is 5.91 Å². The third kappa shape index (κ3) is 3.98. The molecular formula is C30H39N5O4. The molecule has 9 nitrogen and oxygen atoms in total. The number of aliphatic hydroxyl groups is 2. The second-order valence-corrected chi connectivity index (χ2v) is 14.1. The molecule has 2 aromatic rings. The molecule has 4 atom stereocenters. The van der Waals surface area contributed by atoms with Crippen LogP contribution in [0.15, 0.2) is 18.5 Å². The van der Waals surface area contributed by atoms with Crippen LogP contribution in [-0.2, 0) is 4.79 Å². The number of amides is 2. The fourth-order valence-corrected chi connectivity index (χ4v) is 10.4. The number of carbonyl (C=O) groups excluding carboxylic acids is 2. The zero-order chi connectivity index (χ0) is 26.5. The van der Waals surface area contributed by atoms with Gasteiger partial charge in [0, 0.05) is 29.9 Å². The standard InChI is InChI=1S/C30H39N5O4/c36-23(34-24-17-3-15-4-18(24)10-29(38,7-15)9-17)14-33-28(37)22-13-32-27-21(1-2-31-27)26(22)35-25-19-5-16-6-20(25)12-30(39,8-16)11-19/h1-2,13,15-20,24-25,38-39H,3-12,14H2,(H,33,37)(H,34,36)(H2,31,32,35)/t15?,16?,17?,18?,19?,20?,24-,25-,29+,30+. The number of anilines is 1. The molecule has 8 saturated carbocycles. The summed E-state index contributed by atoms with van der Waals surface area (Å²) < 4.78 is 0. The lowest BCUT2D eigenvalue weighted by molar-refractivity contribution is -0.146. The van der Waals surface area contributed by atoms with E-state index < -0.39 is 11.2 Å². The summed E-state index contributed by atoms with van der Waals surface area (Å²) in [6.07, 6.45) is 12.9. The van der Waals surface area contributed by atoms with E-state index in [4.69, 9.17) is 0 Å². The minimum absolute atomic E-state index is 0.0868. The second-order valence-electron chi connectivity index (χ2n) is 14.1. The number of fused-ring (bicyclic) bond motifs is 1. The molecule has 2 amide bonds. The molecule has 10 rings (SSSR count). The van der Waals surface area contributed by atoms with Gasteiger partial charge in [-0.05, 0) is 106 Å². The first-order chi connectivity index (χ1) is 18.7. The van der Waals surface area contributed by atoms with Crippen molar-refractivity contribution in [3.05, 3.63) is 24.0 Å². The van der Waals surface area contributed by atoms with Crippen molar-refractivity contribution >= 4 is 28.5 Å². The highest BCUT2D eigenvalue weighted by Crippen LogP contribution is 2.57. The van der Waals surface area contributed by atoms with Gasteiger partial charge in [-0.25, -0.2) is 4.98 Å². The molecule has 8 aliphatic rings. The van der Waals surface area contributed by atoms with Crippen molar-refractivity contribution in [2.75, 3.05) is 11.9 Å². The van der Waals surface area contributed by atoms with Crippen LogP contribution >= 0.6 is 0 Å². The Morgan fingerprint density at radius 2 is 1.49 bits per heavy atom. The van der Waals surface area contributed by atoms with Crippen LogP contribution in [0.25, 0.3) is 11.0 Å². The summed E-state index contributed by atoms with van der Waals surface area (Å²) in [5, 5.41) is 32.6. The predicted molar refractivity (Wildman–Crippen MR) is 145 cm³/mol. The molecule has 208 valence electrons. The molecule has 0 aromatic carbocycles. The third-order valence-electron chi connectivity index (χ3n) is 11.4. The van der Waals surface area contributed by atoms with E-state index in [0.29, 0.717) is 41.1 Å². The number of rotatable bonds is 6. The van der Waals surface area contributed by atoms with Crippen LogP contribution in [0.2, 0.25) is 0 Å². The van der Waals surface area contributed by atoms with Crippen LogP contribution < -0.4 is 16.0 Å². The topological polar surface area (TPSA) is 139 Å². The third-order valence-corrected chi connectivity index (χ3v) is 11.4. The van der Waals surface area contributed by atoms with E-state index in [1.54, 1.807) is 6.20 Å². The normalized spacial score (nSPS) is 43.1. The number of aromatic amines is 1. The Balaban J connectivity index is 0.973. The number of H-pyrrole nitrogens is 1. The first-order valence-electron chi connectivity index (χ1n) is 15.0. The SMILES string of the molecule is O=C(CNC(=O)c1cnc2[nH]ccc2c1N[C@H]1C2CC3CC1C[C@@](O)(C3)C2)N[C@H]1C2CC3CC1C[C@@](O)(C3)C2. The minimum atomic E-state index is -0.533. The van der Waals surface area contributed by atoms with Crippen molar-refractivity contribution in [1.82, 2.24) is 20.6 Å². The van der Waals surface area contributed by atoms with Crippen LogP contribution in [-0.4, -0.2) is 61.8 Å². The molecule has 0 saturated heterocycles. The fraction of sp³-hybridized carbons (Fsp3) is 0.700. The monoisotopic (exact) mass is 533 g/mol. The van der Waals surface area contributed by atoms with Gasteiger partial charge >= 0.3 is 0 Å². The van der Waals surface area contributed by atoms with Gasteiger partial charge in [-0.15, -0.1) is 0 Å². The van der Waals surface area contributed by atoms with Crippen LogP contribution in [0.4, 0.5) is 5.69 Å². The largest absolute Gasteiger partial charge is 0.390 e. The number of nitrogens with zero attached hydrogens (tertiary/aromatic N) is 1. The summed E-state index contributed by atoms with van der Waals surface area (Å²) in [5.74, 6) is 2.14. The van der Waals surface area contributed by atoms with E-state index in [0.717, 1.165) is 80.9 Å². The van der Waals surface area contributed by atoms with Crippen LogP contribution in [0.3, 0.4) is 0 Å². The van der Waals surface area contributed by atoms with Crippen molar-refractivity contribution in [3.63, 3.8) is 0 Å². The molecule has 8 aliphatic carbocycles. The van der Waals surface area contributed by atoms with Crippen molar-refractivity contribution < 1.29 is 19.8 Å². The zero-order valence-corrected chi connectivity index (χ0v) is 22.3. The first-order valence-corrected chi connectivity index (χ1v) is 15.0. The van der Waals surface area contributed by atoms with E-state index in [1.807, 2.05) is 12.3 Å². The van der Waals surface area contributed by atoms with Crippen LogP contribution in [0.5, 0.6) is 0 Å². The Labute approximate surface area is 227 Å². The molecule has 39 heavy (non-hydrogen) atoms. The van der Waals surface area contributed by atoms with Crippen LogP contribution in [0, 0.1) is 35.5 Å². The predicted octanol–water partition coefficient (Wildman–Crippen LogP) is 2.70. The summed E-state index contributed by atoms with van der Waals surface area (Å²) >= 11 is 0. The Hall–Kier alpha value is -2.65. The van der Waals surface area contributed by atoms with Gasteiger partial charge in [0.05, 0.1) is 29.0 Å². The highest BCUT2D eigenvalue weighted by atomic mass is 16.3. The van der Waals surface area contributed by atoms with Gasteiger partial charge < -0.3 is 31.1 Å². The maximum Gasteiger partial charge on any atom is 0.255 e. The summed E-state index contributed by atoms with van der Waals surface area (Å²) in [6.45, 7) is -0.0868. The number of hydrogen-bond acceptors (Lipinski definition) is 6. The van der Waals surface area contributed by atoms with E-state index in [9.17, 15) is 19.8 Å². The molecule has 0 spiro atoms. The Morgan fingerprint density at radius 1 is 0.897 bits per heavy atom. The van der Waals surface area contributed by atoms with Gasteiger partial charge in [-0.3, -0.25) is 9.59 Å². The van der Waals surface area contributed by atoms with Crippen molar-refractivity contribution in [2.24, 2.45) is 35.5 Å². The van der Waals surface area contributed by atoms with Gasteiger partial charge in [0.25, 0.3) is 5.91 Å². The average Bonchev–Trinajstić information content (AvgIpc) is 3.34. The summed E-state index contributed by atoms with van der Waals surface area (Å²) in [6, 6.07) is 2.25. The minimum Gasteiger partial charge on any atom is -0.390 e. The number of aromatic nitrogens is 2. The Morgan fingerprint density at radius 3 is 2.08 bits per heavy atom. The quantitative estimate of drug-likeness (QED) is 0.338. The van der Waals surface area contributed by atoms with E-state index in [-0.39, 0.29) is 30.4 Å². The molecule has 6 N–H and O–H groups in total.